The number of amides is 1. The van der Waals surface area contributed by atoms with E-state index in [1.165, 1.54) is 25.6 Å². The lowest BCUT2D eigenvalue weighted by atomic mass is 9.95. The van der Waals surface area contributed by atoms with Crippen LogP contribution in [0.1, 0.15) is 42.6 Å². The summed E-state index contributed by atoms with van der Waals surface area (Å²) in [4.78, 5) is 20.6. The second-order valence-corrected chi connectivity index (χ2v) is 6.65. The summed E-state index contributed by atoms with van der Waals surface area (Å²) in [5, 5.41) is 6.25. The first-order valence-corrected chi connectivity index (χ1v) is 8.65. The standard InChI is InChI=1S/C17H19BrN4O/c18-12-5-4-8-14(9-12)21-16-10-15(19-11-20-16)17(23)22-13-6-2-1-3-7-13/h4-5,8-11,13H,1-3,6-7H2,(H,22,23)(H,19,20,21). The fraction of sp³-hybridized carbons (Fsp3) is 0.353. The minimum absolute atomic E-state index is 0.128. The van der Waals surface area contributed by atoms with Crippen LogP contribution in [0.5, 0.6) is 0 Å². The average Bonchev–Trinajstić information content (AvgIpc) is 2.56. The molecular formula is C17H19BrN4O. The number of carbonyl (C=O) groups is 1. The molecule has 0 saturated heterocycles. The van der Waals surface area contributed by atoms with Crippen molar-refractivity contribution in [3.05, 3.63) is 46.8 Å². The van der Waals surface area contributed by atoms with Crippen LogP contribution in [-0.4, -0.2) is 21.9 Å². The van der Waals surface area contributed by atoms with E-state index in [0.717, 1.165) is 23.0 Å². The van der Waals surface area contributed by atoms with E-state index in [1.807, 2.05) is 24.3 Å². The van der Waals surface area contributed by atoms with Gasteiger partial charge in [0.05, 0.1) is 0 Å². The molecule has 1 aromatic carbocycles. The summed E-state index contributed by atoms with van der Waals surface area (Å²) in [7, 11) is 0. The Hall–Kier alpha value is -1.95. The van der Waals surface area contributed by atoms with Crippen LogP contribution in [0.2, 0.25) is 0 Å². The molecule has 1 aromatic heterocycles. The van der Waals surface area contributed by atoms with Gasteiger partial charge in [-0.25, -0.2) is 9.97 Å². The van der Waals surface area contributed by atoms with Gasteiger partial charge in [-0.2, -0.15) is 0 Å². The van der Waals surface area contributed by atoms with E-state index in [-0.39, 0.29) is 11.9 Å². The maximum Gasteiger partial charge on any atom is 0.270 e. The number of nitrogens with zero attached hydrogens (tertiary/aromatic N) is 2. The second kappa shape index (κ2) is 7.55. The first-order valence-electron chi connectivity index (χ1n) is 7.86. The molecular weight excluding hydrogens is 356 g/mol. The summed E-state index contributed by atoms with van der Waals surface area (Å²) >= 11 is 3.43. The zero-order chi connectivity index (χ0) is 16.1. The van der Waals surface area contributed by atoms with Crippen LogP contribution < -0.4 is 10.6 Å². The van der Waals surface area contributed by atoms with Gasteiger partial charge in [-0.3, -0.25) is 4.79 Å². The first-order chi connectivity index (χ1) is 11.2. The smallest absolute Gasteiger partial charge is 0.270 e. The predicted octanol–water partition coefficient (Wildman–Crippen LogP) is 4.05. The molecule has 0 bridgehead atoms. The lowest BCUT2D eigenvalue weighted by Gasteiger charge is -2.22. The maximum absolute atomic E-state index is 12.3. The fourth-order valence-electron chi connectivity index (χ4n) is 2.77. The van der Waals surface area contributed by atoms with Crippen LogP contribution in [0.4, 0.5) is 11.5 Å². The van der Waals surface area contributed by atoms with E-state index in [2.05, 4.69) is 36.5 Å². The number of carbonyl (C=O) groups excluding carboxylic acids is 1. The van der Waals surface area contributed by atoms with Gasteiger partial charge in [0.15, 0.2) is 0 Å². The zero-order valence-electron chi connectivity index (χ0n) is 12.8. The predicted molar refractivity (Wildman–Crippen MR) is 93.8 cm³/mol. The second-order valence-electron chi connectivity index (χ2n) is 5.73. The molecule has 5 nitrogen and oxygen atoms in total. The molecule has 0 spiro atoms. The molecule has 0 aliphatic heterocycles. The van der Waals surface area contributed by atoms with Crippen molar-refractivity contribution in [2.75, 3.05) is 5.32 Å². The number of anilines is 2. The van der Waals surface area contributed by atoms with Crippen LogP contribution in [-0.2, 0) is 0 Å². The molecule has 1 fully saturated rings. The normalized spacial score (nSPS) is 15.2. The van der Waals surface area contributed by atoms with Crippen molar-refractivity contribution < 1.29 is 4.79 Å². The molecule has 1 saturated carbocycles. The van der Waals surface area contributed by atoms with Crippen LogP contribution in [0, 0.1) is 0 Å². The van der Waals surface area contributed by atoms with Crippen molar-refractivity contribution in [1.29, 1.82) is 0 Å². The van der Waals surface area contributed by atoms with Crippen molar-refractivity contribution in [2.24, 2.45) is 0 Å². The van der Waals surface area contributed by atoms with E-state index < -0.39 is 0 Å². The molecule has 0 atom stereocenters. The van der Waals surface area contributed by atoms with Crippen molar-refractivity contribution in [3.8, 4) is 0 Å². The third kappa shape index (κ3) is 4.51. The Bertz CT molecular complexity index is 686. The number of benzene rings is 1. The first kappa shape index (κ1) is 15.9. The number of nitrogens with one attached hydrogen (secondary N) is 2. The van der Waals surface area contributed by atoms with Gasteiger partial charge in [-0.05, 0) is 31.0 Å². The van der Waals surface area contributed by atoms with E-state index in [4.69, 9.17) is 0 Å². The summed E-state index contributed by atoms with van der Waals surface area (Å²) in [6, 6.07) is 9.73. The molecule has 1 aliphatic carbocycles. The van der Waals surface area contributed by atoms with Crippen molar-refractivity contribution in [3.63, 3.8) is 0 Å². The highest BCUT2D eigenvalue weighted by Gasteiger charge is 2.17. The topological polar surface area (TPSA) is 66.9 Å². The minimum Gasteiger partial charge on any atom is -0.348 e. The summed E-state index contributed by atoms with van der Waals surface area (Å²) in [5.41, 5.74) is 1.29. The Morgan fingerprint density at radius 3 is 2.74 bits per heavy atom. The van der Waals surface area contributed by atoms with Crippen molar-refractivity contribution >= 4 is 33.3 Å². The molecule has 6 heteroatoms. The molecule has 2 aromatic rings. The summed E-state index contributed by atoms with van der Waals surface area (Å²) in [5.74, 6) is 0.475. The van der Waals surface area contributed by atoms with E-state index in [0.29, 0.717) is 11.5 Å². The highest BCUT2D eigenvalue weighted by atomic mass is 79.9. The van der Waals surface area contributed by atoms with E-state index in [9.17, 15) is 4.79 Å². The Labute approximate surface area is 144 Å². The van der Waals surface area contributed by atoms with Gasteiger partial charge in [0.2, 0.25) is 0 Å². The number of rotatable bonds is 4. The van der Waals surface area contributed by atoms with Crippen LogP contribution in [0.15, 0.2) is 41.1 Å². The molecule has 23 heavy (non-hydrogen) atoms. The maximum atomic E-state index is 12.3. The van der Waals surface area contributed by atoms with Crippen LogP contribution in [0.25, 0.3) is 0 Å². The molecule has 3 rings (SSSR count). The lowest BCUT2D eigenvalue weighted by molar-refractivity contribution is 0.0922. The fourth-order valence-corrected chi connectivity index (χ4v) is 3.17. The molecule has 0 unspecified atom stereocenters. The molecule has 1 aliphatic rings. The van der Waals surface area contributed by atoms with Gasteiger partial charge < -0.3 is 10.6 Å². The summed E-state index contributed by atoms with van der Waals surface area (Å²) < 4.78 is 0.979. The van der Waals surface area contributed by atoms with Crippen molar-refractivity contribution in [2.45, 2.75) is 38.1 Å². The largest absolute Gasteiger partial charge is 0.348 e. The van der Waals surface area contributed by atoms with Gasteiger partial charge >= 0.3 is 0 Å². The number of aromatic nitrogens is 2. The van der Waals surface area contributed by atoms with Gasteiger partial charge in [-0.1, -0.05) is 41.3 Å². The number of hydrogen-bond acceptors (Lipinski definition) is 4. The summed E-state index contributed by atoms with van der Waals surface area (Å²) in [6.45, 7) is 0. The molecule has 2 N–H and O–H groups in total. The minimum atomic E-state index is -0.128. The van der Waals surface area contributed by atoms with Crippen LogP contribution >= 0.6 is 15.9 Å². The van der Waals surface area contributed by atoms with Crippen LogP contribution in [0.3, 0.4) is 0 Å². The van der Waals surface area contributed by atoms with Gasteiger partial charge in [0.1, 0.15) is 17.8 Å². The average molecular weight is 375 g/mol. The van der Waals surface area contributed by atoms with Crippen molar-refractivity contribution in [1.82, 2.24) is 15.3 Å². The third-order valence-electron chi connectivity index (χ3n) is 3.94. The molecule has 1 amide bonds. The quantitative estimate of drug-likeness (QED) is 0.846. The lowest BCUT2D eigenvalue weighted by Crippen LogP contribution is -2.36. The highest BCUT2D eigenvalue weighted by Crippen LogP contribution is 2.20. The Kier molecular flexibility index (Phi) is 5.23. The highest BCUT2D eigenvalue weighted by molar-refractivity contribution is 9.10. The van der Waals surface area contributed by atoms with E-state index >= 15 is 0 Å². The third-order valence-corrected chi connectivity index (χ3v) is 4.43. The SMILES string of the molecule is O=C(NC1CCCCC1)c1cc(Nc2cccc(Br)c2)ncn1. The number of halogens is 1. The van der Waals surface area contributed by atoms with Gasteiger partial charge in [-0.15, -0.1) is 0 Å². The molecule has 1 heterocycles. The van der Waals surface area contributed by atoms with E-state index in [1.54, 1.807) is 6.07 Å². The summed E-state index contributed by atoms with van der Waals surface area (Å²) in [6.07, 6.45) is 7.16. The zero-order valence-corrected chi connectivity index (χ0v) is 14.3. The molecule has 120 valence electrons. The number of hydrogen-bond donors (Lipinski definition) is 2. The van der Waals surface area contributed by atoms with Gasteiger partial charge in [0.25, 0.3) is 5.91 Å². The Morgan fingerprint density at radius 1 is 1.13 bits per heavy atom. The Morgan fingerprint density at radius 2 is 1.96 bits per heavy atom. The van der Waals surface area contributed by atoms with Gasteiger partial charge in [0, 0.05) is 22.3 Å². The monoisotopic (exact) mass is 374 g/mol. The Balaban J connectivity index is 1.67. The molecule has 0 radical (unpaired) electrons.